The van der Waals surface area contributed by atoms with E-state index in [1.165, 1.54) is 26.6 Å². The number of amides is 1. The van der Waals surface area contributed by atoms with Crippen molar-refractivity contribution in [3.8, 4) is 0 Å². The average Bonchev–Trinajstić information content (AvgIpc) is 1.03. The van der Waals surface area contributed by atoms with Crippen molar-refractivity contribution in [1.29, 1.82) is 0 Å². The summed E-state index contributed by atoms with van der Waals surface area (Å²) in [7, 11) is -11.2. The number of phosphoric ester groups is 1. The number of esters is 2. The first kappa shape index (κ1) is 68.7. The zero-order valence-corrected chi connectivity index (χ0v) is 51.8. The highest BCUT2D eigenvalue weighted by atomic mass is 31.2. The standard InChI is InChI=1S/C57H63N3O19P2.C6H15N/c1-38(61)58-49-52(71-33-43-23-13-6-14-24-43)50(70-32-42-21-11-5-12-22-42)46(36-69-31-41-19-9-4-10-20-41)77-53(49)56(80(66,72-34-44-25-15-7-16-26-44)73-35-45-27-17-8-18-28-45)79-81(67,68)74-37-47-51(75-39(2)62)54(76-40(3)63)55(78-47)60-30-29-48(64)59-57(60)65;1-4-7(5-2)6-3/h4-30,46-47,49-56H,31-37H2,1-3H3,(H,58,61)(H,67,68)(H,59,64,65);4-6H2,1-3H3/t46-,47-,49-,50-,51-,52-,53+,54-,55-,56?;/m1./s1. The molecule has 1 aromatic heterocycles. The third kappa shape index (κ3) is 20.6. The van der Waals surface area contributed by atoms with Gasteiger partial charge in [-0.15, -0.1) is 0 Å². The van der Waals surface area contributed by atoms with E-state index in [9.17, 15) is 33.4 Å². The Kier molecular flexibility index (Phi) is 26.7. The van der Waals surface area contributed by atoms with Crippen LogP contribution in [-0.4, -0.2) is 115 Å². The van der Waals surface area contributed by atoms with Gasteiger partial charge in [-0.25, -0.2) is 4.79 Å². The molecular weight excluding hydrogens is 1180 g/mol. The highest BCUT2D eigenvalue weighted by molar-refractivity contribution is 7.55. The summed E-state index contributed by atoms with van der Waals surface area (Å²) >= 11 is 0. The minimum absolute atomic E-state index is 0.00267. The third-order valence-electron chi connectivity index (χ3n) is 14.3. The number of aromatic amines is 1. The average molecular weight is 1260 g/mol. The molecule has 1 amide bonds. The van der Waals surface area contributed by atoms with Gasteiger partial charge in [0.25, 0.3) is 13.4 Å². The number of nitrogens with zero attached hydrogens (tertiary/aromatic N) is 1. The molecule has 474 valence electrons. The Morgan fingerprint density at radius 1 is 0.580 bits per heavy atom. The van der Waals surface area contributed by atoms with Crippen LogP contribution in [-0.2, 0) is 108 Å². The SMILES string of the molecule is CC(=O)N[C@@H]1[C@@H](OCc2ccccc2)[C@H](OCc2ccccc2)[C@@H](COCc2ccccc2)O[C@@H]1C(OP(=O)([O-])OC[C@H]1O[C@@H](n2ccc(=O)[nH]c2=O)[C@H](OC(C)=O)[C@@H]1OC(C)=O)P(=O)(OCc1ccccc1)OCc1ccccc1.CC[NH+](CC)CC. The summed E-state index contributed by atoms with van der Waals surface area (Å²) in [5.74, 6) is -4.86. The number of hydrogen-bond donors (Lipinski definition) is 3. The van der Waals surface area contributed by atoms with Gasteiger partial charge in [0.2, 0.25) is 5.91 Å². The second-order valence-electron chi connectivity index (χ2n) is 20.7. The summed E-state index contributed by atoms with van der Waals surface area (Å²) in [5, 5.41) is 2.87. The Balaban J connectivity index is 0.00000149. The number of carbonyl (C=O) groups is 3. The van der Waals surface area contributed by atoms with Crippen molar-refractivity contribution in [1.82, 2.24) is 14.9 Å². The van der Waals surface area contributed by atoms with Crippen LogP contribution in [0.4, 0.5) is 0 Å². The predicted octanol–water partition coefficient (Wildman–Crippen LogP) is 6.34. The molecule has 8 rings (SSSR count). The minimum atomic E-state index is -5.99. The van der Waals surface area contributed by atoms with Crippen LogP contribution in [0.5, 0.6) is 0 Å². The van der Waals surface area contributed by atoms with Gasteiger partial charge >= 0.3 is 25.2 Å². The first-order chi connectivity index (χ1) is 42.4. The van der Waals surface area contributed by atoms with Gasteiger partial charge in [0, 0.05) is 33.0 Å². The van der Waals surface area contributed by atoms with Crippen LogP contribution >= 0.6 is 15.4 Å². The molecule has 2 saturated heterocycles. The Labute approximate surface area is 511 Å². The van der Waals surface area contributed by atoms with E-state index in [-0.39, 0.29) is 26.4 Å². The Morgan fingerprint density at radius 2 is 1.02 bits per heavy atom. The molecule has 23 nitrogen and oxygen atoms in total. The van der Waals surface area contributed by atoms with Crippen LogP contribution < -0.4 is 26.4 Å². The topological polar surface area (TPSA) is 281 Å². The summed E-state index contributed by atoms with van der Waals surface area (Å²) in [6.45, 7) is 11.6. The molecule has 3 heterocycles. The Morgan fingerprint density at radius 3 is 1.47 bits per heavy atom. The van der Waals surface area contributed by atoms with E-state index >= 15 is 4.57 Å². The fourth-order valence-electron chi connectivity index (χ4n) is 9.93. The minimum Gasteiger partial charge on any atom is -0.756 e. The molecule has 25 heteroatoms. The van der Waals surface area contributed by atoms with E-state index in [0.29, 0.717) is 16.7 Å². The molecule has 5 aromatic carbocycles. The third-order valence-corrected chi connectivity index (χ3v) is 17.4. The number of ether oxygens (including phenoxy) is 7. The molecule has 3 N–H and O–H groups in total. The smallest absolute Gasteiger partial charge is 0.363 e. The highest BCUT2D eigenvalue weighted by Gasteiger charge is 2.58. The van der Waals surface area contributed by atoms with Gasteiger partial charge in [-0.05, 0) is 48.6 Å². The quantitative estimate of drug-likeness (QED) is 0.0327. The van der Waals surface area contributed by atoms with Crippen molar-refractivity contribution in [3.05, 3.63) is 213 Å². The van der Waals surface area contributed by atoms with E-state index in [2.05, 4.69) is 31.1 Å². The van der Waals surface area contributed by atoms with Crippen LogP contribution in [0.15, 0.2) is 174 Å². The van der Waals surface area contributed by atoms with E-state index in [0.717, 1.165) is 41.8 Å². The first-order valence-electron chi connectivity index (χ1n) is 29.0. The number of benzene rings is 5. The molecule has 0 spiro atoms. The maximum atomic E-state index is 16.3. The summed E-state index contributed by atoms with van der Waals surface area (Å²) in [6, 6.07) is 44.1. The van der Waals surface area contributed by atoms with Gasteiger partial charge in [0.05, 0.1) is 71.9 Å². The molecule has 0 aliphatic carbocycles. The fourth-order valence-corrected chi connectivity index (χ4v) is 13.2. The number of rotatable bonds is 30. The van der Waals surface area contributed by atoms with Crippen molar-refractivity contribution >= 4 is 33.3 Å². The van der Waals surface area contributed by atoms with Crippen LogP contribution in [0.2, 0.25) is 0 Å². The Bertz CT molecular complexity index is 3260. The van der Waals surface area contributed by atoms with Crippen LogP contribution in [0, 0.1) is 0 Å². The molecule has 2 aliphatic heterocycles. The monoisotopic (exact) mass is 1260 g/mol. The largest absolute Gasteiger partial charge is 0.756 e. The molecule has 11 atom stereocenters. The maximum absolute atomic E-state index is 16.3. The van der Waals surface area contributed by atoms with Gasteiger partial charge < -0.3 is 61.8 Å². The van der Waals surface area contributed by atoms with E-state index in [1.54, 1.807) is 65.6 Å². The molecule has 2 aliphatic rings. The van der Waals surface area contributed by atoms with Crippen molar-refractivity contribution < 1.29 is 84.6 Å². The van der Waals surface area contributed by atoms with Gasteiger partial charge in [-0.1, -0.05) is 152 Å². The van der Waals surface area contributed by atoms with Crippen molar-refractivity contribution in [2.75, 3.05) is 32.8 Å². The number of carbonyl (C=O) groups excluding carboxylic acids is 3. The van der Waals surface area contributed by atoms with Crippen molar-refractivity contribution in [2.45, 2.75) is 135 Å². The highest BCUT2D eigenvalue weighted by Crippen LogP contribution is 2.62. The normalized spacial score (nSPS) is 21.9. The lowest BCUT2D eigenvalue weighted by atomic mass is 9.92. The molecular formula is C63H78N4O19P2. The lowest BCUT2D eigenvalue weighted by Gasteiger charge is -2.49. The number of quaternary nitrogens is 1. The predicted molar refractivity (Wildman–Crippen MR) is 320 cm³/mol. The van der Waals surface area contributed by atoms with Gasteiger partial charge in [-0.3, -0.25) is 42.4 Å². The van der Waals surface area contributed by atoms with Gasteiger partial charge in [0.1, 0.15) is 30.5 Å². The zero-order chi connectivity index (χ0) is 63.1. The summed E-state index contributed by atoms with van der Waals surface area (Å²) in [6.07, 6.45) is -11.0. The van der Waals surface area contributed by atoms with Crippen LogP contribution in [0.3, 0.4) is 0 Å². The van der Waals surface area contributed by atoms with E-state index in [4.69, 9.17) is 51.3 Å². The molecule has 2 unspecified atom stereocenters. The van der Waals surface area contributed by atoms with E-state index in [1.807, 2.05) is 91.0 Å². The zero-order valence-electron chi connectivity index (χ0n) is 50.0. The fraction of sp³-hybridized carbons (Fsp3) is 0.413. The molecule has 2 fully saturated rings. The number of hydrogen-bond acceptors (Lipinski definition) is 19. The van der Waals surface area contributed by atoms with Crippen LogP contribution in [0.25, 0.3) is 0 Å². The Hall–Kier alpha value is -6.79. The summed E-state index contributed by atoms with van der Waals surface area (Å²) in [5.41, 5.74) is 1.46. The lowest BCUT2D eigenvalue weighted by Crippen LogP contribution is -3.11. The second kappa shape index (κ2) is 34.3. The number of nitrogens with one attached hydrogen (secondary N) is 3. The van der Waals surface area contributed by atoms with Crippen molar-refractivity contribution in [3.63, 3.8) is 0 Å². The summed E-state index contributed by atoms with van der Waals surface area (Å²) in [4.78, 5) is 82.5. The number of H-pyrrole nitrogens is 1. The number of aromatic nitrogens is 2. The molecule has 0 saturated carbocycles. The molecule has 6 aromatic rings. The summed E-state index contributed by atoms with van der Waals surface area (Å²) < 4.78 is 100. The first-order valence-corrected chi connectivity index (χ1v) is 32.1. The van der Waals surface area contributed by atoms with E-state index < -0.39 is 125 Å². The van der Waals surface area contributed by atoms with Gasteiger partial charge in [-0.2, -0.15) is 0 Å². The second-order valence-corrected chi connectivity index (χ2v) is 24.2. The maximum Gasteiger partial charge on any atom is 0.363 e. The lowest BCUT2D eigenvalue weighted by molar-refractivity contribution is -0.894. The van der Waals surface area contributed by atoms with Gasteiger partial charge in [0.15, 0.2) is 24.3 Å². The number of phosphoric acid groups is 1. The van der Waals surface area contributed by atoms with Crippen LogP contribution in [0.1, 0.15) is 75.6 Å². The van der Waals surface area contributed by atoms with Crippen molar-refractivity contribution in [2.24, 2.45) is 0 Å². The molecule has 0 radical (unpaired) electrons. The molecule has 88 heavy (non-hydrogen) atoms. The molecule has 0 bridgehead atoms.